The molecule has 2 N–H and O–H groups in total. The first-order valence-corrected chi connectivity index (χ1v) is 4.73. The highest BCUT2D eigenvalue weighted by molar-refractivity contribution is 6.30. The van der Waals surface area contributed by atoms with Gasteiger partial charge in [-0.25, -0.2) is 0 Å². The summed E-state index contributed by atoms with van der Waals surface area (Å²) in [4.78, 5) is 2.58. The first kappa shape index (κ1) is 12.4. The molecule has 1 aromatic rings. The molecule has 0 radical (unpaired) electrons. The highest BCUT2D eigenvalue weighted by Crippen LogP contribution is 2.37. The van der Waals surface area contributed by atoms with Gasteiger partial charge in [0, 0.05) is 21.6 Å². The lowest BCUT2D eigenvalue weighted by Crippen LogP contribution is -2.01. The van der Waals surface area contributed by atoms with Gasteiger partial charge >= 0.3 is 0 Å². The summed E-state index contributed by atoms with van der Waals surface area (Å²) < 4.78 is 4.89. The Bertz CT molecular complexity index is 432. The Kier molecular flexibility index (Phi) is 4.25. The van der Waals surface area contributed by atoms with Gasteiger partial charge in [-0.15, -0.1) is 0 Å². The quantitative estimate of drug-likeness (QED) is 0.482. The highest BCUT2D eigenvalue weighted by atomic mass is 35.5. The highest BCUT2D eigenvalue weighted by Gasteiger charge is 2.17. The fourth-order valence-electron chi connectivity index (χ4n) is 1.26. The monoisotopic (exact) mass is 243 g/mol. The number of halogens is 1. The Labute approximate surface area is 96.7 Å². The maximum absolute atomic E-state index is 9.76. The number of aromatic hydroxyl groups is 1. The van der Waals surface area contributed by atoms with Crippen molar-refractivity contribution in [1.29, 1.82) is 0 Å². The van der Waals surface area contributed by atoms with E-state index >= 15 is 0 Å². The van der Waals surface area contributed by atoms with Gasteiger partial charge in [0.15, 0.2) is 11.5 Å². The summed E-state index contributed by atoms with van der Waals surface area (Å²) in [5.41, 5.74) is 8.54. The van der Waals surface area contributed by atoms with E-state index < -0.39 is 12.6 Å². The van der Waals surface area contributed by atoms with Crippen molar-refractivity contribution in [3.8, 4) is 11.5 Å². The molecule has 1 rings (SSSR count). The lowest BCUT2D eigenvalue weighted by Gasteiger charge is -2.13. The zero-order valence-electron chi connectivity index (χ0n) is 8.46. The van der Waals surface area contributed by atoms with Crippen molar-refractivity contribution in [2.75, 3.05) is 13.7 Å². The average molecular weight is 244 g/mol. The van der Waals surface area contributed by atoms with Crippen LogP contribution in [0.2, 0.25) is 5.02 Å². The summed E-state index contributed by atoms with van der Waals surface area (Å²) in [7, 11) is 1.37. The minimum absolute atomic E-state index is 0.161. The molecule has 0 aromatic heterocycles. The van der Waals surface area contributed by atoms with E-state index in [0.29, 0.717) is 5.02 Å². The topological polar surface area (TPSA) is 98.5 Å². The Morgan fingerprint density at radius 3 is 2.81 bits per heavy atom. The molecule has 0 saturated heterocycles. The molecular weight excluding hydrogens is 234 g/mol. The van der Waals surface area contributed by atoms with Gasteiger partial charge < -0.3 is 14.9 Å². The van der Waals surface area contributed by atoms with Gasteiger partial charge in [-0.05, 0) is 11.6 Å². The number of benzene rings is 1. The molecule has 0 spiro atoms. The maximum Gasteiger partial charge on any atom is 0.162 e. The number of hydrogen-bond acceptors (Lipinski definition) is 4. The van der Waals surface area contributed by atoms with Crippen LogP contribution >= 0.6 is 11.6 Å². The van der Waals surface area contributed by atoms with Crippen molar-refractivity contribution in [1.82, 2.24) is 0 Å². The Balaban J connectivity index is 3.30. The molecule has 7 heteroatoms. The Morgan fingerprint density at radius 2 is 2.31 bits per heavy atom. The SMILES string of the molecule is COc1cc(Cl)cc(C(CO)N=[N+]=[N-])c1O. The molecule has 0 heterocycles. The van der Waals surface area contributed by atoms with Gasteiger partial charge in [-0.3, -0.25) is 0 Å². The largest absolute Gasteiger partial charge is 0.504 e. The fraction of sp³-hybridized carbons (Fsp3) is 0.333. The zero-order chi connectivity index (χ0) is 12.1. The van der Waals surface area contributed by atoms with Crippen molar-refractivity contribution in [2.45, 2.75) is 6.04 Å². The van der Waals surface area contributed by atoms with Crippen LogP contribution < -0.4 is 4.74 Å². The van der Waals surface area contributed by atoms with Crippen molar-refractivity contribution in [3.63, 3.8) is 0 Å². The second-order valence-corrected chi connectivity index (χ2v) is 3.39. The average Bonchev–Trinajstić information content (AvgIpc) is 2.28. The van der Waals surface area contributed by atoms with Crippen LogP contribution in [0.1, 0.15) is 11.6 Å². The molecule has 0 saturated carbocycles. The van der Waals surface area contributed by atoms with E-state index in [0.717, 1.165) is 0 Å². The number of hydrogen-bond donors (Lipinski definition) is 2. The first-order valence-electron chi connectivity index (χ1n) is 4.35. The summed E-state index contributed by atoms with van der Waals surface area (Å²) in [5.74, 6) is -0.0348. The van der Waals surface area contributed by atoms with Crippen LogP contribution in [0.15, 0.2) is 17.2 Å². The van der Waals surface area contributed by atoms with E-state index in [9.17, 15) is 5.11 Å². The number of azide groups is 1. The number of nitrogens with zero attached hydrogens (tertiary/aromatic N) is 3. The van der Waals surface area contributed by atoms with E-state index in [1.807, 2.05) is 0 Å². The van der Waals surface area contributed by atoms with E-state index in [1.54, 1.807) is 0 Å². The molecule has 0 fully saturated rings. The summed E-state index contributed by atoms with van der Waals surface area (Å²) in [6.07, 6.45) is 0. The summed E-state index contributed by atoms with van der Waals surface area (Å²) in [6.45, 7) is -0.429. The van der Waals surface area contributed by atoms with Crippen molar-refractivity contribution in [3.05, 3.63) is 33.2 Å². The van der Waals surface area contributed by atoms with Crippen molar-refractivity contribution >= 4 is 11.6 Å². The van der Waals surface area contributed by atoms with Gasteiger partial charge in [-0.2, -0.15) is 0 Å². The molecule has 0 aliphatic rings. The lowest BCUT2D eigenvalue weighted by atomic mass is 10.1. The summed E-state index contributed by atoms with van der Waals surface area (Å²) >= 11 is 5.79. The molecule has 0 aliphatic heterocycles. The molecule has 16 heavy (non-hydrogen) atoms. The predicted molar refractivity (Wildman–Crippen MR) is 58.6 cm³/mol. The molecule has 0 amide bonds. The fourth-order valence-corrected chi connectivity index (χ4v) is 1.48. The van der Waals surface area contributed by atoms with Gasteiger partial charge in [0.05, 0.1) is 19.8 Å². The minimum Gasteiger partial charge on any atom is -0.504 e. The van der Waals surface area contributed by atoms with Gasteiger partial charge in [0.2, 0.25) is 0 Å². The molecule has 1 aromatic carbocycles. The number of methoxy groups -OCH3 is 1. The lowest BCUT2D eigenvalue weighted by molar-refractivity contribution is 0.264. The van der Waals surface area contributed by atoms with Crippen LogP contribution in [0, 0.1) is 0 Å². The van der Waals surface area contributed by atoms with Gasteiger partial charge in [-0.1, -0.05) is 16.7 Å². The van der Waals surface area contributed by atoms with Crippen LogP contribution in [-0.2, 0) is 0 Å². The summed E-state index contributed by atoms with van der Waals surface area (Å²) in [5, 5.41) is 22.5. The third kappa shape index (κ3) is 2.49. The first-order chi connectivity index (χ1) is 7.63. The Morgan fingerprint density at radius 1 is 1.62 bits per heavy atom. The second kappa shape index (κ2) is 5.46. The van der Waals surface area contributed by atoms with Gasteiger partial charge in [0.25, 0.3) is 0 Å². The molecule has 86 valence electrons. The third-order valence-corrected chi connectivity index (χ3v) is 2.23. The summed E-state index contributed by atoms with van der Waals surface area (Å²) in [6, 6.07) is 1.94. The second-order valence-electron chi connectivity index (χ2n) is 2.95. The van der Waals surface area contributed by atoms with Crippen LogP contribution in [0.25, 0.3) is 10.4 Å². The van der Waals surface area contributed by atoms with Gasteiger partial charge in [0.1, 0.15) is 0 Å². The third-order valence-electron chi connectivity index (χ3n) is 2.01. The number of rotatable bonds is 4. The molecule has 0 aliphatic carbocycles. The molecule has 1 atom stereocenters. The normalized spacial score (nSPS) is 11.7. The smallest absolute Gasteiger partial charge is 0.162 e. The van der Waals surface area contributed by atoms with E-state index in [-0.39, 0.29) is 17.1 Å². The van der Waals surface area contributed by atoms with Crippen LogP contribution in [-0.4, -0.2) is 23.9 Å². The maximum atomic E-state index is 9.76. The van der Waals surface area contributed by atoms with Crippen molar-refractivity contribution < 1.29 is 14.9 Å². The number of phenols is 1. The number of aliphatic hydroxyl groups is 1. The van der Waals surface area contributed by atoms with Crippen LogP contribution in [0.5, 0.6) is 11.5 Å². The van der Waals surface area contributed by atoms with E-state index in [4.69, 9.17) is 27.0 Å². The number of aliphatic hydroxyl groups excluding tert-OH is 1. The number of phenolic OH excluding ortho intramolecular Hbond substituents is 1. The van der Waals surface area contributed by atoms with E-state index in [1.165, 1.54) is 19.2 Å². The zero-order valence-corrected chi connectivity index (χ0v) is 9.22. The molecule has 6 nitrogen and oxygen atoms in total. The van der Waals surface area contributed by atoms with Crippen LogP contribution in [0.3, 0.4) is 0 Å². The molecule has 0 bridgehead atoms. The van der Waals surface area contributed by atoms with Crippen molar-refractivity contribution in [2.24, 2.45) is 5.11 Å². The predicted octanol–water partition coefficient (Wildman–Crippen LogP) is 2.40. The minimum atomic E-state index is -0.891. The van der Waals surface area contributed by atoms with E-state index in [2.05, 4.69) is 10.0 Å². The standard InChI is InChI=1S/C9H10ClN3O3/c1-16-8-3-5(10)2-6(9(8)15)7(4-14)12-13-11/h2-3,7,14-15H,4H2,1H3. The molecule has 1 unspecified atom stereocenters. The Hall–Kier alpha value is -1.62. The van der Waals surface area contributed by atoms with Crippen LogP contribution in [0.4, 0.5) is 0 Å². The molecular formula is C9H10ClN3O3. The number of ether oxygens (including phenoxy) is 1.